The van der Waals surface area contributed by atoms with Gasteiger partial charge in [0.2, 0.25) is 0 Å². The highest BCUT2D eigenvalue weighted by Gasteiger charge is 2.26. The van der Waals surface area contributed by atoms with Crippen molar-refractivity contribution >= 4 is 17.0 Å². The molecule has 0 atom stereocenters. The van der Waals surface area contributed by atoms with Crippen LogP contribution in [0, 0.1) is 20.8 Å². The van der Waals surface area contributed by atoms with Crippen molar-refractivity contribution in [2.45, 2.75) is 27.3 Å². The number of aromatic nitrogens is 5. The van der Waals surface area contributed by atoms with Gasteiger partial charge in [-0.25, -0.2) is 9.97 Å². The zero-order valence-corrected chi connectivity index (χ0v) is 16.7. The van der Waals surface area contributed by atoms with Crippen LogP contribution in [0.1, 0.15) is 33.2 Å². The number of fused-ring (bicyclic) bond motifs is 3. The van der Waals surface area contributed by atoms with E-state index >= 15 is 0 Å². The van der Waals surface area contributed by atoms with Crippen LogP contribution in [0.4, 0.5) is 0 Å². The molecule has 4 aromatic rings. The molecule has 0 saturated heterocycles. The Bertz CT molecular complexity index is 1200. The van der Waals surface area contributed by atoms with E-state index in [2.05, 4.69) is 62.8 Å². The molecule has 138 valence electrons. The molecule has 0 radical (unpaired) electrons. The Hall–Kier alpha value is -3.19. The van der Waals surface area contributed by atoms with E-state index < -0.39 is 0 Å². The number of hydrogen-bond acceptors (Lipinski definition) is 6. The molecule has 7 heteroatoms. The molecule has 0 bridgehead atoms. The maximum atomic E-state index is 4.94. The smallest absolute Gasteiger partial charge is 0.160 e. The topological polar surface area (TPSA) is 68.8 Å². The van der Waals surface area contributed by atoms with E-state index in [0.29, 0.717) is 6.54 Å². The first-order chi connectivity index (χ1) is 13.6. The monoisotopic (exact) mass is 386 g/mol. The first kappa shape index (κ1) is 16.9. The van der Waals surface area contributed by atoms with E-state index in [1.54, 1.807) is 17.7 Å². The SMILES string of the molecule is Cc1sc2c(c1C)C(c1ccc(-c3cncnc3)cc1)=NCc1nnc(C)n1-2. The maximum absolute atomic E-state index is 4.94. The van der Waals surface area contributed by atoms with Crippen molar-refractivity contribution in [3.05, 3.63) is 76.2 Å². The largest absolute Gasteiger partial charge is 0.276 e. The minimum atomic E-state index is 0.518. The fourth-order valence-corrected chi connectivity index (χ4v) is 4.78. The van der Waals surface area contributed by atoms with Gasteiger partial charge in [0.05, 0.1) is 5.71 Å². The molecule has 1 aliphatic rings. The van der Waals surface area contributed by atoms with Gasteiger partial charge in [0, 0.05) is 34.0 Å². The summed E-state index contributed by atoms with van der Waals surface area (Å²) in [6.07, 6.45) is 5.19. The lowest BCUT2D eigenvalue weighted by Crippen LogP contribution is -2.07. The highest BCUT2D eigenvalue weighted by atomic mass is 32.1. The average Bonchev–Trinajstić information content (AvgIpc) is 3.17. The summed E-state index contributed by atoms with van der Waals surface area (Å²) in [7, 11) is 0. The molecule has 4 heterocycles. The highest BCUT2D eigenvalue weighted by Crippen LogP contribution is 2.36. The van der Waals surface area contributed by atoms with Crippen LogP contribution in [-0.4, -0.2) is 30.4 Å². The molecular formula is C21H18N6S. The third-order valence-electron chi connectivity index (χ3n) is 5.13. The summed E-state index contributed by atoms with van der Waals surface area (Å²) in [5.74, 6) is 1.78. The van der Waals surface area contributed by atoms with Gasteiger partial charge >= 0.3 is 0 Å². The Labute approximate surface area is 166 Å². The molecule has 0 N–H and O–H groups in total. The zero-order chi connectivity index (χ0) is 19.3. The second-order valence-electron chi connectivity index (χ2n) is 6.83. The van der Waals surface area contributed by atoms with Crippen LogP contribution in [0.3, 0.4) is 0 Å². The number of nitrogens with zero attached hydrogens (tertiary/aromatic N) is 6. The van der Waals surface area contributed by atoms with E-state index in [-0.39, 0.29) is 0 Å². The molecule has 6 nitrogen and oxygen atoms in total. The number of benzene rings is 1. The standard InChI is InChI=1S/C21H18N6S/c1-12-13(2)28-21-19(12)20(24-10-18-26-25-14(3)27(18)21)16-6-4-15(5-7-16)17-8-22-11-23-9-17/h4-9,11H,10H2,1-3H3. The Kier molecular flexibility index (Phi) is 3.91. The fourth-order valence-electron chi connectivity index (χ4n) is 3.55. The molecular weight excluding hydrogens is 368 g/mol. The number of aryl methyl sites for hydroxylation is 2. The molecule has 0 fully saturated rings. The highest BCUT2D eigenvalue weighted by molar-refractivity contribution is 7.15. The summed E-state index contributed by atoms with van der Waals surface area (Å²) in [6.45, 7) is 6.83. The number of thiophene rings is 1. The quantitative estimate of drug-likeness (QED) is 0.521. The lowest BCUT2D eigenvalue weighted by molar-refractivity contribution is 0.869. The molecule has 0 saturated carbocycles. The van der Waals surface area contributed by atoms with Crippen LogP contribution < -0.4 is 0 Å². The molecule has 1 aromatic carbocycles. The lowest BCUT2D eigenvalue weighted by Gasteiger charge is -2.10. The van der Waals surface area contributed by atoms with Crippen molar-refractivity contribution in [3.8, 4) is 16.1 Å². The van der Waals surface area contributed by atoms with Crippen molar-refractivity contribution in [2.75, 3.05) is 0 Å². The Morgan fingerprint density at radius 1 is 0.893 bits per heavy atom. The summed E-state index contributed by atoms with van der Waals surface area (Å²) in [6, 6.07) is 8.44. The van der Waals surface area contributed by atoms with Crippen LogP contribution in [0.15, 0.2) is 48.0 Å². The lowest BCUT2D eigenvalue weighted by atomic mass is 9.98. The van der Waals surface area contributed by atoms with E-state index in [1.165, 1.54) is 16.0 Å². The third-order valence-corrected chi connectivity index (χ3v) is 6.32. The number of hydrogen-bond donors (Lipinski definition) is 0. The van der Waals surface area contributed by atoms with Gasteiger partial charge in [0.15, 0.2) is 5.82 Å². The average molecular weight is 386 g/mol. The maximum Gasteiger partial charge on any atom is 0.160 e. The fraction of sp³-hybridized carbons (Fsp3) is 0.190. The molecule has 0 amide bonds. The first-order valence-corrected chi connectivity index (χ1v) is 9.87. The normalized spacial score (nSPS) is 12.9. The minimum Gasteiger partial charge on any atom is -0.276 e. The minimum absolute atomic E-state index is 0.518. The van der Waals surface area contributed by atoms with Crippen molar-refractivity contribution in [2.24, 2.45) is 4.99 Å². The van der Waals surface area contributed by atoms with Gasteiger partial charge in [-0.05, 0) is 31.9 Å². The van der Waals surface area contributed by atoms with Crippen molar-refractivity contribution < 1.29 is 0 Å². The van der Waals surface area contributed by atoms with Gasteiger partial charge in [0.1, 0.15) is 23.7 Å². The van der Waals surface area contributed by atoms with Crippen LogP contribution in [-0.2, 0) is 6.54 Å². The third kappa shape index (κ3) is 2.58. The van der Waals surface area contributed by atoms with E-state index in [0.717, 1.165) is 39.1 Å². The van der Waals surface area contributed by atoms with E-state index in [1.807, 2.05) is 19.3 Å². The Morgan fingerprint density at radius 3 is 2.36 bits per heavy atom. The van der Waals surface area contributed by atoms with Crippen molar-refractivity contribution in [1.82, 2.24) is 24.7 Å². The van der Waals surface area contributed by atoms with Crippen molar-refractivity contribution in [1.29, 1.82) is 0 Å². The Morgan fingerprint density at radius 2 is 1.61 bits per heavy atom. The number of aliphatic imine (C=N–C) groups is 1. The summed E-state index contributed by atoms with van der Waals surface area (Å²) >= 11 is 1.78. The molecule has 0 unspecified atom stereocenters. The zero-order valence-electron chi connectivity index (χ0n) is 15.8. The summed E-state index contributed by atoms with van der Waals surface area (Å²) in [5.41, 5.74) is 6.64. The summed E-state index contributed by atoms with van der Waals surface area (Å²) in [5, 5.41) is 9.75. The van der Waals surface area contributed by atoms with E-state index in [9.17, 15) is 0 Å². The van der Waals surface area contributed by atoms with Gasteiger partial charge < -0.3 is 0 Å². The number of rotatable bonds is 2. The van der Waals surface area contributed by atoms with Gasteiger partial charge in [-0.1, -0.05) is 24.3 Å². The first-order valence-electron chi connectivity index (χ1n) is 9.05. The van der Waals surface area contributed by atoms with Gasteiger partial charge in [-0.2, -0.15) is 0 Å². The van der Waals surface area contributed by atoms with Crippen molar-refractivity contribution in [3.63, 3.8) is 0 Å². The second-order valence-corrected chi connectivity index (χ2v) is 8.03. The molecule has 1 aliphatic heterocycles. The molecule has 0 aliphatic carbocycles. The van der Waals surface area contributed by atoms with Crippen LogP contribution >= 0.6 is 11.3 Å². The van der Waals surface area contributed by atoms with Gasteiger partial charge in [-0.15, -0.1) is 21.5 Å². The second kappa shape index (κ2) is 6.45. The molecule has 3 aromatic heterocycles. The summed E-state index contributed by atoms with van der Waals surface area (Å²) < 4.78 is 2.15. The summed E-state index contributed by atoms with van der Waals surface area (Å²) in [4.78, 5) is 14.4. The molecule has 0 spiro atoms. The van der Waals surface area contributed by atoms with Crippen LogP contribution in [0.5, 0.6) is 0 Å². The molecule has 5 rings (SSSR count). The predicted octanol–water partition coefficient (Wildman–Crippen LogP) is 4.06. The predicted molar refractivity (Wildman–Crippen MR) is 110 cm³/mol. The van der Waals surface area contributed by atoms with Gasteiger partial charge in [-0.3, -0.25) is 9.56 Å². The molecule has 28 heavy (non-hydrogen) atoms. The van der Waals surface area contributed by atoms with Crippen LogP contribution in [0.25, 0.3) is 16.1 Å². The van der Waals surface area contributed by atoms with Gasteiger partial charge in [0.25, 0.3) is 0 Å². The Balaban J connectivity index is 1.64. The van der Waals surface area contributed by atoms with Crippen LogP contribution in [0.2, 0.25) is 0 Å². The van der Waals surface area contributed by atoms with E-state index in [4.69, 9.17) is 4.99 Å².